The number of methoxy groups -OCH3 is 1. The van der Waals surface area contributed by atoms with E-state index in [1.54, 1.807) is 7.11 Å². The Balaban J connectivity index is 2.13. The van der Waals surface area contributed by atoms with Gasteiger partial charge in [-0.1, -0.05) is 12.1 Å². The predicted octanol–water partition coefficient (Wildman–Crippen LogP) is 1.47. The second kappa shape index (κ2) is 4.85. The molecule has 0 aliphatic rings. The minimum Gasteiger partial charge on any atom is -0.380 e. The van der Waals surface area contributed by atoms with E-state index in [0.29, 0.717) is 12.5 Å². The fourth-order valence-electron chi connectivity index (χ4n) is 1.27. The Kier molecular flexibility index (Phi) is 3.26. The molecule has 0 saturated carbocycles. The molecule has 1 N–H and O–H groups in total. The fraction of sp³-hybridized carbons (Fsp3) is 0.364. The summed E-state index contributed by atoms with van der Waals surface area (Å²) in [6, 6.07) is 7.64. The summed E-state index contributed by atoms with van der Waals surface area (Å²) < 4.78 is 5.12. The molecule has 2 aromatic rings. The van der Waals surface area contributed by atoms with E-state index >= 15 is 0 Å². The second-order valence-electron chi connectivity index (χ2n) is 3.55. The van der Waals surface area contributed by atoms with Crippen molar-refractivity contribution in [2.45, 2.75) is 13.0 Å². The Hall–Kier alpha value is -1.75. The van der Waals surface area contributed by atoms with Crippen LogP contribution in [0, 0.1) is 0 Å². The van der Waals surface area contributed by atoms with Gasteiger partial charge in [0.2, 0.25) is 5.95 Å². The van der Waals surface area contributed by atoms with Crippen molar-refractivity contribution >= 4 is 17.0 Å². The number of aromatic nitrogens is 3. The van der Waals surface area contributed by atoms with Crippen LogP contribution in [-0.2, 0) is 4.74 Å². The SMILES string of the molecule is COC(C)CNc1nnc2ccccc2n1. The van der Waals surface area contributed by atoms with Crippen LogP contribution in [0.15, 0.2) is 24.3 Å². The van der Waals surface area contributed by atoms with Gasteiger partial charge in [0.1, 0.15) is 5.52 Å². The van der Waals surface area contributed by atoms with E-state index in [1.807, 2.05) is 31.2 Å². The Morgan fingerprint density at radius 2 is 2.00 bits per heavy atom. The summed E-state index contributed by atoms with van der Waals surface area (Å²) in [4.78, 5) is 4.34. The first-order valence-corrected chi connectivity index (χ1v) is 5.15. The summed E-state index contributed by atoms with van der Waals surface area (Å²) in [6.07, 6.45) is 0.120. The normalized spacial score (nSPS) is 12.6. The minimum absolute atomic E-state index is 0.120. The maximum atomic E-state index is 5.12. The number of hydrogen-bond acceptors (Lipinski definition) is 5. The zero-order chi connectivity index (χ0) is 11.4. The molecule has 84 valence electrons. The maximum Gasteiger partial charge on any atom is 0.243 e. The van der Waals surface area contributed by atoms with E-state index in [4.69, 9.17) is 4.74 Å². The van der Waals surface area contributed by atoms with Crippen molar-refractivity contribution in [3.05, 3.63) is 24.3 Å². The number of rotatable bonds is 4. The average Bonchev–Trinajstić information content (AvgIpc) is 2.35. The van der Waals surface area contributed by atoms with Gasteiger partial charge in [-0.15, -0.1) is 10.2 Å². The highest BCUT2D eigenvalue weighted by Gasteiger charge is 2.02. The minimum atomic E-state index is 0.120. The smallest absolute Gasteiger partial charge is 0.243 e. The molecular weight excluding hydrogens is 204 g/mol. The Morgan fingerprint density at radius 1 is 1.25 bits per heavy atom. The molecule has 0 spiro atoms. The molecule has 1 heterocycles. The van der Waals surface area contributed by atoms with E-state index in [1.165, 1.54) is 0 Å². The van der Waals surface area contributed by atoms with Crippen LogP contribution in [0.3, 0.4) is 0 Å². The molecule has 1 aromatic carbocycles. The van der Waals surface area contributed by atoms with E-state index in [9.17, 15) is 0 Å². The summed E-state index contributed by atoms with van der Waals surface area (Å²) in [5, 5.41) is 11.1. The number of para-hydroxylation sites is 1. The van der Waals surface area contributed by atoms with Crippen molar-refractivity contribution in [2.75, 3.05) is 19.0 Å². The predicted molar refractivity (Wildman–Crippen MR) is 62.3 cm³/mol. The number of benzene rings is 1. The van der Waals surface area contributed by atoms with Crippen molar-refractivity contribution in [1.82, 2.24) is 15.2 Å². The van der Waals surface area contributed by atoms with Crippen molar-refractivity contribution in [1.29, 1.82) is 0 Å². The Labute approximate surface area is 93.9 Å². The third-order valence-corrected chi connectivity index (χ3v) is 2.31. The third kappa shape index (κ3) is 2.43. The summed E-state index contributed by atoms with van der Waals surface area (Å²) >= 11 is 0. The molecule has 5 heteroatoms. The number of anilines is 1. The summed E-state index contributed by atoms with van der Waals surface area (Å²) in [5.74, 6) is 0.530. The average molecular weight is 218 g/mol. The largest absolute Gasteiger partial charge is 0.380 e. The van der Waals surface area contributed by atoms with Gasteiger partial charge in [-0.2, -0.15) is 0 Å². The lowest BCUT2D eigenvalue weighted by molar-refractivity contribution is 0.128. The van der Waals surface area contributed by atoms with E-state index in [-0.39, 0.29) is 6.10 Å². The molecule has 0 radical (unpaired) electrons. The molecule has 0 amide bonds. The summed E-state index contributed by atoms with van der Waals surface area (Å²) in [7, 11) is 1.67. The number of nitrogens with zero attached hydrogens (tertiary/aromatic N) is 3. The van der Waals surface area contributed by atoms with Crippen LogP contribution < -0.4 is 5.32 Å². The summed E-state index contributed by atoms with van der Waals surface area (Å²) in [5.41, 5.74) is 1.64. The standard InChI is InChI=1S/C11H14N4O/c1-8(16-2)7-12-11-13-9-5-3-4-6-10(9)14-15-11/h3-6,8H,7H2,1-2H3,(H,12,13,15). The molecule has 1 unspecified atom stereocenters. The van der Waals surface area contributed by atoms with Gasteiger partial charge in [-0.25, -0.2) is 4.98 Å². The van der Waals surface area contributed by atoms with Crippen LogP contribution in [-0.4, -0.2) is 34.9 Å². The van der Waals surface area contributed by atoms with Gasteiger partial charge < -0.3 is 10.1 Å². The maximum absolute atomic E-state index is 5.12. The monoisotopic (exact) mass is 218 g/mol. The topological polar surface area (TPSA) is 59.9 Å². The first kappa shape index (κ1) is 10.8. The molecule has 1 aromatic heterocycles. The lowest BCUT2D eigenvalue weighted by Crippen LogP contribution is -2.19. The number of nitrogens with one attached hydrogen (secondary N) is 1. The molecule has 16 heavy (non-hydrogen) atoms. The molecule has 0 bridgehead atoms. The number of fused-ring (bicyclic) bond motifs is 1. The van der Waals surface area contributed by atoms with Gasteiger partial charge in [0.25, 0.3) is 0 Å². The second-order valence-corrected chi connectivity index (χ2v) is 3.55. The number of hydrogen-bond donors (Lipinski definition) is 1. The van der Waals surface area contributed by atoms with Crippen molar-refractivity contribution in [2.24, 2.45) is 0 Å². The Morgan fingerprint density at radius 3 is 2.75 bits per heavy atom. The van der Waals surface area contributed by atoms with Crippen LogP contribution in [0.5, 0.6) is 0 Å². The molecule has 1 atom stereocenters. The first-order chi connectivity index (χ1) is 7.79. The quantitative estimate of drug-likeness (QED) is 0.842. The van der Waals surface area contributed by atoms with Gasteiger partial charge in [0.15, 0.2) is 0 Å². The van der Waals surface area contributed by atoms with Crippen molar-refractivity contribution < 1.29 is 4.74 Å². The van der Waals surface area contributed by atoms with Gasteiger partial charge >= 0.3 is 0 Å². The zero-order valence-corrected chi connectivity index (χ0v) is 9.34. The highest BCUT2D eigenvalue weighted by molar-refractivity contribution is 5.73. The molecule has 2 rings (SSSR count). The molecule has 0 aliphatic carbocycles. The fourth-order valence-corrected chi connectivity index (χ4v) is 1.27. The highest BCUT2D eigenvalue weighted by atomic mass is 16.5. The van der Waals surface area contributed by atoms with E-state index < -0.39 is 0 Å². The molecule has 0 saturated heterocycles. The van der Waals surface area contributed by atoms with Gasteiger partial charge in [0.05, 0.1) is 11.6 Å². The van der Waals surface area contributed by atoms with E-state index in [0.717, 1.165) is 11.0 Å². The van der Waals surface area contributed by atoms with Crippen molar-refractivity contribution in [3.63, 3.8) is 0 Å². The van der Waals surface area contributed by atoms with Crippen LogP contribution >= 0.6 is 0 Å². The highest BCUT2D eigenvalue weighted by Crippen LogP contribution is 2.08. The van der Waals surface area contributed by atoms with E-state index in [2.05, 4.69) is 20.5 Å². The summed E-state index contributed by atoms with van der Waals surface area (Å²) in [6.45, 7) is 2.64. The van der Waals surface area contributed by atoms with Crippen LogP contribution in [0.25, 0.3) is 11.0 Å². The van der Waals surface area contributed by atoms with Crippen molar-refractivity contribution in [3.8, 4) is 0 Å². The van der Waals surface area contributed by atoms with Gasteiger partial charge in [0, 0.05) is 13.7 Å². The van der Waals surface area contributed by atoms with Crippen LogP contribution in [0.1, 0.15) is 6.92 Å². The zero-order valence-electron chi connectivity index (χ0n) is 9.34. The number of ether oxygens (including phenoxy) is 1. The van der Waals surface area contributed by atoms with Gasteiger partial charge in [-0.3, -0.25) is 0 Å². The lowest BCUT2D eigenvalue weighted by atomic mass is 10.3. The van der Waals surface area contributed by atoms with Crippen LogP contribution in [0.4, 0.5) is 5.95 Å². The molecule has 0 fully saturated rings. The third-order valence-electron chi connectivity index (χ3n) is 2.31. The molecule has 0 aliphatic heterocycles. The van der Waals surface area contributed by atoms with Gasteiger partial charge in [-0.05, 0) is 19.1 Å². The Bertz CT molecular complexity index is 474. The van der Waals surface area contributed by atoms with Crippen LogP contribution in [0.2, 0.25) is 0 Å². The molecule has 5 nitrogen and oxygen atoms in total. The molecular formula is C11H14N4O. The first-order valence-electron chi connectivity index (χ1n) is 5.15. The lowest BCUT2D eigenvalue weighted by Gasteiger charge is -2.10.